The van der Waals surface area contributed by atoms with Crippen LogP contribution in [0.5, 0.6) is 0 Å². The Morgan fingerprint density at radius 1 is 0.696 bits per heavy atom. The van der Waals surface area contributed by atoms with E-state index in [1.165, 1.54) is 13.8 Å². The number of nitrogens with one attached hydrogen (secondary N) is 2. The smallest absolute Gasteiger partial charge is 0.331 e. The molecule has 0 aliphatic carbocycles. The monoisotopic (exact) mass is 658 g/mol. The van der Waals surface area contributed by atoms with Crippen molar-refractivity contribution in [2.45, 2.75) is 118 Å². The van der Waals surface area contributed by atoms with Crippen molar-refractivity contribution in [3.63, 3.8) is 0 Å². The molecule has 0 aromatic heterocycles. The molecule has 0 fully saturated rings. The highest BCUT2D eigenvalue weighted by Crippen LogP contribution is 2.05. The maximum atomic E-state index is 11.6. The first-order valence-corrected chi connectivity index (χ1v) is 15.9. The van der Waals surface area contributed by atoms with Crippen molar-refractivity contribution in [2.75, 3.05) is 26.2 Å². The van der Waals surface area contributed by atoms with Crippen LogP contribution >= 0.6 is 0 Å². The number of primary amides is 2. The molecule has 0 aromatic carbocycles. The number of carboxylic acids is 2. The number of likely N-dealkylation sites (N-methyl/N-ethyl adjacent to an activating group) is 1. The molecular formula is C32H62N6O8. The summed E-state index contributed by atoms with van der Waals surface area (Å²) in [5.74, 6) is -3.06. The number of carbonyl (C=O) groups is 6. The van der Waals surface area contributed by atoms with Crippen LogP contribution in [0.3, 0.4) is 0 Å². The van der Waals surface area contributed by atoms with Gasteiger partial charge >= 0.3 is 11.9 Å². The first-order chi connectivity index (χ1) is 21.6. The molecule has 2 atom stereocenters. The van der Waals surface area contributed by atoms with Gasteiger partial charge in [0.2, 0.25) is 11.8 Å². The Balaban J connectivity index is -0.000000261. The van der Waals surface area contributed by atoms with E-state index in [0.29, 0.717) is 24.4 Å². The summed E-state index contributed by atoms with van der Waals surface area (Å²) in [7, 11) is 0. The van der Waals surface area contributed by atoms with Crippen LogP contribution in [0.2, 0.25) is 0 Å². The summed E-state index contributed by atoms with van der Waals surface area (Å²) >= 11 is 0. The van der Waals surface area contributed by atoms with Crippen molar-refractivity contribution in [3.05, 3.63) is 23.3 Å². The molecular weight excluding hydrogens is 596 g/mol. The summed E-state index contributed by atoms with van der Waals surface area (Å²) in [4.78, 5) is 63.1. The lowest BCUT2D eigenvalue weighted by molar-refractivity contribution is -0.133. The number of carbonyl (C=O) groups excluding carboxylic acids is 4. The first kappa shape index (κ1) is 49.4. The second kappa shape index (κ2) is 34.4. The Hall–Kier alpha value is -3.46. The minimum atomic E-state index is -1.16. The van der Waals surface area contributed by atoms with Crippen molar-refractivity contribution in [2.24, 2.45) is 22.9 Å². The van der Waals surface area contributed by atoms with Gasteiger partial charge in [-0.2, -0.15) is 0 Å². The highest BCUT2D eigenvalue weighted by Gasteiger charge is 2.15. The molecule has 0 spiro atoms. The van der Waals surface area contributed by atoms with Crippen LogP contribution in [-0.4, -0.2) is 83.8 Å². The molecule has 0 aliphatic heterocycles. The Kier molecular flexibility index (Phi) is 37.0. The quantitative estimate of drug-likeness (QED) is 0.0612. The van der Waals surface area contributed by atoms with Crippen molar-refractivity contribution >= 4 is 35.3 Å². The molecule has 14 heteroatoms. The zero-order valence-corrected chi connectivity index (χ0v) is 28.9. The van der Waals surface area contributed by atoms with Gasteiger partial charge in [-0.1, -0.05) is 40.5 Å². The van der Waals surface area contributed by atoms with Crippen molar-refractivity contribution < 1.29 is 39.0 Å². The van der Waals surface area contributed by atoms with Crippen molar-refractivity contribution in [1.29, 1.82) is 0 Å². The lowest BCUT2D eigenvalue weighted by Crippen LogP contribution is -2.36. The second-order valence-electron chi connectivity index (χ2n) is 10.3. The third kappa shape index (κ3) is 35.0. The van der Waals surface area contributed by atoms with Crippen molar-refractivity contribution in [3.8, 4) is 0 Å². The predicted molar refractivity (Wildman–Crippen MR) is 182 cm³/mol. The number of hydrogen-bond donors (Lipinski definition) is 8. The largest absolute Gasteiger partial charge is 0.478 e. The number of Topliss-reactive ketones (excluding diaryl/α,β-unsaturated/α-hetero) is 2. The van der Waals surface area contributed by atoms with Gasteiger partial charge < -0.3 is 43.8 Å². The molecule has 0 saturated carbocycles. The third-order valence-electron chi connectivity index (χ3n) is 6.03. The summed E-state index contributed by atoms with van der Waals surface area (Å²) in [6.45, 7) is 14.0. The Bertz CT molecular complexity index is 890. The summed E-state index contributed by atoms with van der Waals surface area (Å²) in [6, 6.07) is 0.123. The molecule has 2 amide bonds. The molecule has 0 aromatic rings. The van der Waals surface area contributed by atoms with Gasteiger partial charge in [0.15, 0.2) is 0 Å². The van der Waals surface area contributed by atoms with E-state index in [4.69, 9.17) is 27.4 Å². The normalized spacial score (nSPS) is 12.1. The van der Waals surface area contributed by atoms with Gasteiger partial charge in [0.25, 0.3) is 0 Å². The molecule has 14 nitrogen and oxygen atoms in total. The van der Waals surface area contributed by atoms with Gasteiger partial charge in [-0.25, -0.2) is 9.59 Å². The van der Waals surface area contributed by atoms with Crippen molar-refractivity contribution in [1.82, 2.24) is 10.6 Å². The van der Waals surface area contributed by atoms with Crippen LogP contribution in [0.4, 0.5) is 0 Å². The van der Waals surface area contributed by atoms with Crippen LogP contribution in [0, 0.1) is 0 Å². The molecule has 268 valence electrons. The fourth-order valence-corrected chi connectivity index (χ4v) is 3.50. The molecule has 0 bridgehead atoms. The SMILES string of the molecule is C/C(=C/C(=O)O)C(N)=O.C/C(=C/C(N)=O)C(=O)O.CCCC(=O)[C@H](CCCCN)NCC.CCCN[C@@H](CCCCN)C(=O)CC. The molecule has 46 heavy (non-hydrogen) atoms. The second-order valence-corrected chi connectivity index (χ2v) is 10.3. The van der Waals surface area contributed by atoms with E-state index in [2.05, 4.69) is 23.3 Å². The summed E-state index contributed by atoms with van der Waals surface area (Å²) < 4.78 is 0. The number of ketones is 2. The number of rotatable bonds is 22. The minimum absolute atomic E-state index is 0.0440. The molecule has 0 heterocycles. The van der Waals surface area contributed by atoms with Crippen LogP contribution in [0.1, 0.15) is 106 Å². The van der Waals surface area contributed by atoms with E-state index in [0.717, 1.165) is 89.7 Å². The average Bonchev–Trinajstić information content (AvgIpc) is 2.98. The molecule has 0 unspecified atom stereocenters. The maximum Gasteiger partial charge on any atom is 0.331 e. The topological polar surface area (TPSA) is 271 Å². The third-order valence-corrected chi connectivity index (χ3v) is 6.03. The number of hydrogen-bond acceptors (Lipinski definition) is 10. The minimum Gasteiger partial charge on any atom is -0.478 e. The maximum absolute atomic E-state index is 11.6. The Morgan fingerprint density at radius 3 is 1.48 bits per heavy atom. The fourth-order valence-electron chi connectivity index (χ4n) is 3.50. The standard InChI is InChI=1S/2C11H24N2O.2C5H7NO3/c1-3-9-13-10(11(14)4-2)7-5-6-8-12;1-3-7-11(14)10(13-4-2)8-5-6-9-12;1-3(5(6)9)2-4(7)8;1-3(5(8)9)2-4(6)7/h2*10,13H,3-9,12H2,1-2H3;2H,1H3,(H2,6,9)(H,7,8);2H,1H3,(H2,6,7)(H,8,9)/b;;2*3-2-/t2*10-;;/m00../s1. The summed E-state index contributed by atoms with van der Waals surface area (Å²) in [5.41, 5.74) is 20.2. The zero-order valence-electron chi connectivity index (χ0n) is 28.9. The Labute approximate surface area is 275 Å². The molecule has 12 N–H and O–H groups in total. The Morgan fingerprint density at radius 2 is 1.20 bits per heavy atom. The number of amides is 2. The van der Waals surface area contributed by atoms with Gasteiger partial charge in [0.05, 0.1) is 12.1 Å². The van der Waals surface area contributed by atoms with Gasteiger partial charge in [-0.15, -0.1) is 0 Å². The molecule has 0 rings (SSSR count). The predicted octanol–water partition coefficient (Wildman–Crippen LogP) is 1.93. The number of unbranched alkanes of at least 4 members (excludes halogenated alkanes) is 2. The van der Waals surface area contributed by atoms with E-state index in [1.54, 1.807) is 0 Å². The van der Waals surface area contributed by atoms with Crippen LogP contribution in [0.15, 0.2) is 23.3 Å². The summed E-state index contributed by atoms with van der Waals surface area (Å²) in [5, 5.41) is 22.7. The highest BCUT2D eigenvalue weighted by atomic mass is 16.4. The molecule has 0 saturated heterocycles. The van der Waals surface area contributed by atoms with E-state index < -0.39 is 23.8 Å². The number of aliphatic carboxylic acids is 2. The zero-order chi connectivity index (χ0) is 36.5. The lowest BCUT2D eigenvalue weighted by Gasteiger charge is -2.16. The van der Waals surface area contributed by atoms with E-state index in [-0.39, 0.29) is 23.2 Å². The number of carboxylic acid groups (broad SMARTS) is 2. The number of nitrogens with two attached hydrogens (primary N) is 4. The molecule has 0 radical (unpaired) electrons. The lowest BCUT2D eigenvalue weighted by atomic mass is 10.0. The van der Waals surface area contributed by atoms with Gasteiger partial charge in [-0.05, 0) is 78.6 Å². The van der Waals surface area contributed by atoms with E-state index >= 15 is 0 Å². The summed E-state index contributed by atoms with van der Waals surface area (Å²) in [6.07, 6.45) is 11.0. The first-order valence-electron chi connectivity index (χ1n) is 15.9. The van der Waals surface area contributed by atoms with Gasteiger partial charge in [0, 0.05) is 36.1 Å². The highest BCUT2D eigenvalue weighted by molar-refractivity contribution is 5.97. The van der Waals surface area contributed by atoms with Crippen LogP contribution in [-0.2, 0) is 28.8 Å². The van der Waals surface area contributed by atoms with Gasteiger partial charge in [-0.3, -0.25) is 19.2 Å². The van der Waals surface area contributed by atoms with Crippen LogP contribution < -0.4 is 33.6 Å². The average molecular weight is 659 g/mol. The van der Waals surface area contributed by atoms with E-state index in [1.807, 2.05) is 20.8 Å². The molecule has 0 aliphatic rings. The van der Waals surface area contributed by atoms with Gasteiger partial charge in [0.1, 0.15) is 11.6 Å². The van der Waals surface area contributed by atoms with E-state index in [9.17, 15) is 28.8 Å². The van der Waals surface area contributed by atoms with Crippen LogP contribution in [0.25, 0.3) is 0 Å². The fraction of sp³-hybridized carbons (Fsp3) is 0.688.